The molecule has 0 unspecified atom stereocenters. The molecule has 1 heterocycles. The molecule has 0 aliphatic rings. The van der Waals surface area contributed by atoms with Gasteiger partial charge in [0.1, 0.15) is 0 Å². The molecule has 4 nitrogen and oxygen atoms in total. The third-order valence-electron chi connectivity index (χ3n) is 3.13. The predicted molar refractivity (Wildman–Crippen MR) is 88.0 cm³/mol. The summed E-state index contributed by atoms with van der Waals surface area (Å²) in [5.74, 6) is 0.206. The number of sulfonamides is 1. The number of benzene rings is 1. The van der Waals surface area contributed by atoms with E-state index >= 15 is 0 Å². The Bertz CT molecular complexity index is 651. The molecule has 2 rings (SSSR count). The third-order valence-corrected chi connectivity index (χ3v) is 5.49. The number of unbranched alkanes of at least 4 members (excludes halogenated alkanes) is 1. The minimum atomic E-state index is -3.14. The fourth-order valence-electron chi connectivity index (χ4n) is 2.01. The van der Waals surface area contributed by atoms with E-state index in [0.717, 1.165) is 22.6 Å². The van der Waals surface area contributed by atoms with Gasteiger partial charge in [0.05, 0.1) is 17.0 Å². The van der Waals surface area contributed by atoms with Crippen LogP contribution in [0, 0.1) is 0 Å². The Hall–Kier alpha value is -1.24. The zero-order chi connectivity index (χ0) is 15.1. The highest BCUT2D eigenvalue weighted by molar-refractivity contribution is 7.89. The van der Waals surface area contributed by atoms with Gasteiger partial charge in [-0.2, -0.15) is 0 Å². The van der Waals surface area contributed by atoms with Gasteiger partial charge in [-0.25, -0.2) is 18.1 Å². The second-order valence-corrected chi connectivity index (χ2v) is 7.67. The molecule has 1 aromatic carbocycles. The first-order valence-electron chi connectivity index (χ1n) is 7.07. The molecule has 6 heteroatoms. The molecule has 1 aromatic heterocycles. The predicted octanol–water partition coefficient (Wildman–Crippen LogP) is 3.07. The number of hydrogen-bond donors (Lipinski definition) is 1. The lowest BCUT2D eigenvalue weighted by atomic mass is 10.1. The quantitative estimate of drug-likeness (QED) is 0.812. The highest BCUT2D eigenvalue weighted by Gasteiger charge is 2.11. The molecule has 0 saturated heterocycles. The van der Waals surface area contributed by atoms with Crippen LogP contribution < -0.4 is 4.72 Å². The van der Waals surface area contributed by atoms with Crippen LogP contribution in [-0.2, 0) is 16.4 Å². The van der Waals surface area contributed by atoms with Gasteiger partial charge in [0.2, 0.25) is 10.0 Å². The van der Waals surface area contributed by atoms with Crippen LogP contribution in [0.2, 0.25) is 0 Å². The van der Waals surface area contributed by atoms with Crippen molar-refractivity contribution in [1.29, 1.82) is 0 Å². The molecule has 0 spiro atoms. The molecule has 0 saturated carbocycles. The van der Waals surface area contributed by atoms with Crippen LogP contribution in [0.5, 0.6) is 0 Å². The summed E-state index contributed by atoms with van der Waals surface area (Å²) in [7, 11) is -3.14. The zero-order valence-electron chi connectivity index (χ0n) is 12.1. The smallest absolute Gasteiger partial charge is 0.211 e. The summed E-state index contributed by atoms with van der Waals surface area (Å²) in [5, 5.41) is 0. The Balaban J connectivity index is 1.95. The van der Waals surface area contributed by atoms with Gasteiger partial charge in [0, 0.05) is 17.0 Å². The minimum Gasteiger partial charge on any atom is -0.244 e. The molecular weight excluding hydrogens is 304 g/mol. The Morgan fingerprint density at radius 2 is 2.00 bits per heavy atom. The first-order chi connectivity index (χ1) is 10.1. The van der Waals surface area contributed by atoms with Crippen LogP contribution in [0.3, 0.4) is 0 Å². The molecule has 0 bridgehead atoms. The van der Waals surface area contributed by atoms with Crippen molar-refractivity contribution in [3.05, 3.63) is 40.7 Å². The molecule has 1 N–H and O–H groups in total. The van der Waals surface area contributed by atoms with Gasteiger partial charge in [-0.05, 0) is 12.8 Å². The SMILES string of the molecule is CCCCS(=O)(=O)NCCc1scnc1-c1ccccc1. The zero-order valence-corrected chi connectivity index (χ0v) is 13.7. The highest BCUT2D eigenvalue weighted by Crippen LogP contribution is 2.25. The normalized spacial score (nSPS) is 11.7. The Morgan fingerprint density at radius 1 is 1.24 bits per heavy atom. The van der Waals surface area contributed by atoms with Gasteiger partial charge in [0.15, 0.2) is 0 Å². The second-order valence-electron chi connectivity index (χ2n) is 4.81. The van der Waals surface area contributed by atoms with Gasteiger partial charge >= 0.3 is 0 Å². The van der Waals surface area contributed by atoms with Crippen LogP contribution >= 0.6 is 11.3 Å². The molecule has 21 heavy (non-hydrogen) atoms. The van der Waals surface area contributed by atoms with Crippen molar-refractivity contribution >= 4 is 21.4 Å². The van der Waals surface area contributed by atoms with Crippen molar-refractivity contribution in [1.82, 2.24) is 9.71 Å². The van der Waals surface area contributed by atoms with E-state index in [1.54, 1.807) is 11.3 Å². The Kier molecular flexibility index (Phi) is 5.90. The molecular formula is C15H20N2O2S2. The highest BCUT2D eigenvalue weighted by atomic mass is 32.2. The van der Waals surface area contributed by atoms with Crippen molar-refractivity contribution in [3.8, 4) is 11.3 Å². The van der Waals surface area contributed by atoms with E-state index in [0.29, 0.717) is 19.4 Å². The fourth-order valence-corrected chi connectivity index (χ4v) is 4.02. The Labute approximate surface area is 130 Å². The Morgan fingerprint density at radius 3 is 2.71 bits per heavy atom. The summed E-state index contributed by atoms with van der Waals surface area (Å²) in [6.07, 6.45) is 2.25. The van der Waals surface area contributed by atoms with E-state index in [9.17, 15) is 8.42 Å². The maximum absolute atomic E-state index is 11.7. The van der Waals surface area contributed by atoms with Crippen molar-refractivity contribution in [2.75, 3.05) is 12.3 Å². The van der Waals surface area contributed by atoms with E-state index in [1.807, 2.05) is 42.8 Å². The number of thiazole rings is 1. The number of nitrogens with zero attached hydrogens (tertiary/aromatic N) is 1. The molecule has 0 atom stereocenters. The molecule has 114 valence electrons. The van der Waals surface area contributed by atoms with Crippen LogP contribution in [-0.4, -0.2) is 25.7 Å². The van der Waals surface area contributed by atoms with Crippen LogP contribution in [0.4, 0.5) is 0 Å². The lowest BCUT2D eigenvalue weighted by Gasteiger charge is -2.06. The first-order valence-corrected chi connectivity index (χ1v) is 9.60. The van der Waals surface area contributed by atoms with Crippen molar-refractivity contribution < 1.29 is 8.42 Å². The van der Waals surface area contributed by atoms with E-state index in [-0.39, 0.29) is 5.75 Å². The average Bonchev–Trinajstić information content (AvgIpc) is 2.94. The lowest BCUT2D eigenvalue weighted by molar-refractivity contribution is 0.578. The van der Waals surface area contributed by atoms with Crippen LogP contribution in [0.25, 0.3) is 11.3 Å². The van der Waals surface area contributed by atoms with E-state index in [1.165, 1.54) is 0 Å². The maximum Gasteiger partial charge on any atom is 0.211 e. The maximum atomic E-state index is 11.7. The summed E-state index contributed by atoms with van der Waals surface area (Å²) >= 11 is 1.57. The standard InChI is InChI=1S/C15H20N2O2S2/c1-2-3-11-21(18,19)17-10-9-14-15(16-12-20-14)13-7-5-4-6-8-13/h4-8,12,17H,2-3,9-11H2,1H3. The topological polar surface area (TPSA) is 59.1 Å². The molecule has 0 aliphatic heterocycles. The number of hydrogen-bond acceptors (Lipinski definition) is 4. The van der Waals surface area contributed by atoms with E-state index < -0.39 is 10.0 Å². The molecule has 0 amide bonds. The third kappa shape index (κ3) is 4.91. The first kappa shape index (κ1) is 16.1. The lowest BCUT2D eigenvalue weighted by Crippen LogP contribution is -2.28. The molecule has 2 aromatic rings. The minimum absolute atomic E-state index is 0.206. The summed E-state index contributed by atoms with van der Waals surface area (Å²) in [6, 6.07) is 9.96. The largest absolute Gasteiger partial charge is 0.244 e. The van der Waals surface area contributed by atoms with Gasteiger partial charge in [-0.1, -0.05) is 43.7 Å². The molecule has 0 radical (unpaired) electrons. The monoisotopic (exact) mass is 324 g/mol. The second kappa shape index (κ2) is 7.68. The number of aromatic nitrogens is 1. The van der Waals surface area contributed by atoms with Crippen molar-refractivity contribution in [2.45, 2.75) is 26.2 Å². The van der Waals surface area contributed by atoms with Crippen molar-refractivity contribution in [2.24, 2.45) is 0 Å². The van der Waals surface area contributed by atoms with E-state index in [4.69, 9.17) is 0 Å². The summed E-state index contributed by atoms with van der Waals surface area (Å²) in [6.45, 7) is 2.41. The average molecular weight is 324 g/mol. The van der Waals surface area contributed by atoms with Gasteiger partial charge in [0.25, 0.3) is 0 Å². The number of nitrogens with one attached hydrogen (secondary N) is 1. The number of rotatable bonds is 8. The summed E-state index contributed by atoms with van der Waals surface area (Å²) in [5.41, 5.74) is 3.83. The molecule has 0 fully saturated rings. The van der Waals surface area contributed by atoms with Gasteiger partial charge < -0.3 is 0 Å². The van der Waals surface area contributed by atoms with Crippen molar-refractivity contribution in [3.63, 3.8) is 0 Å². The van der Waals surface area contributed by atoms with Crippen LogP contribution in [0.1, 0.15) is 24.6 Å². The van der Waals surface area contributed by atoms with Gasteiger partial charge in [-0.3, -0.25) is 0 Å². The van der Waals surface area contributed by atoms with Crippen LogP contribution in [0.15, 0.2) is 35.8 Å². The summed E-state index contributed by atoms with van der Waals surface area (Å²) < 4.78 is 26.2. The summed E-state index contributed by atoms with van der Waals surface area (Å²) in [4.78, 5) is 5.50. The molecule has 0 aliphatic carbocycles. The fraction of sp³-hybridized carbons (Fsp3) is 0.400. The van der Waals surface area contributed by atoms with E-state index in [2.05, 4.69) is 9.71 Å². The van der Waals surface area contributed by atoms with Gasteiger partial charge in [-0.15, -0.1) is 11.3 Å².